The van der Waals surface area contributed by atoms with Crippen molar-refractivity contribution < 1.29 is 23.5 Å². The lowest BCUT2D eigenvalue weighted by atomic mass is 10.0. The molecule has 1 amide bonds. The number of amides is 1. The molecule has 2 rings (SSSR count). The normalized spacial score (nSPS) is 21.7. The highest BCUT2D eigenvalue weighted by atomic mass is 19.1. The molecule has 1 aromatic rings. The molecule has 0 unspecified atom stereocenters. The van der Waals surface area contributed by atoms with Crippen LogP contribution >= 0.6 is 0 Å². The number of carbonyl (C=O) groups excluding carboxylic acids is 1. The summed E-state index contributed by atoms with van der Waals surface area (Å²) in [6.45, 7) is -0.0286. The van der Waals surface area contributed by atoms with Crippen LogP contribution in [-0.4, -0.2) is 17.0 Å². The number of hydrogen-bond acceptors (Lipinski definition) is 2. The van der Waals surface area contributed by atoms with Gasteiger partial charge in [-0.25, -0.2) is 8.78 Å². The second-order valence-corrected chi connectivity index (χ2v) is 5.00. The molecule has 6 heteroatoms. The van der Waals surface area contributed by atoms with Crippen LogP contribution in [0.4, 0.5) is 8.78 Å². The Bertz CT molecular complexity index is 533. The summed E-state index contributed by atoms with van der Waals surface area (Å²) < 4.78 is 26.1. The van der Waals surface area contributed by atoms with Crippen molar-refractivity contribution in [2.75, 3.05) is 0 Å². The van der Waals surface area contributed by atoms with Gasteiger partial charge in [0.2, 0.25) is 5.91 Å². The van der Waals surface area contributed by atoms with Crippen LogP contribution in [0.3, 0.4) is 0 Å². The fourth-order valence-corrected chi connectivity index (χ4v) is 2.44. The number of nitrogens with one attached hydrogen (secondary N) is 1. The minimum atomic E-state index is -0.884. The zero-order valence-corrected chi connectivity index (χ0v) is 10.7. The number of rotatable bonds is 4. The van der Waals surface area contributed by atoms with Crippen LogP contribution in [-0.2, 0) is 16.1 Å². The van der Waals surface area contributed by atoms with Crippen molar-refractivity contribution in [3.05, 3.63) is 35.4 Å². The summed E-state index contributed by atoms with van der Waals surface area (Å²) in [5.74, 6) is -3.37. The molecule has 0 heterocycles. The molecule has 1 saturated carbocycles. The molecule has 0 radical (unpaired) electrons. The summed E-state index contributed by atoms with van der Waals surface area (Å²) in [7, 11) is 0. The highest BCUT2D eigenvalue weighted by Gasteiger charge is 2.33. The number of halogens is 2. The Morgan fingerprint density at radius 2 is 1.95 bits per heavy atom. The summed E-state index contributed by atoms with van der Waals surface area (Å²) in [4.78, 5) is 22.7. The van der Waals surface area contributed by atoms with E-state index in [9.17, 15) is 18.4 Å². The van der Waals surface area contributed by atoms with Gasteiger partial charge in [0.1, 0.15) is 11.6 Å². The molecule has 0 spiro atoms. The van der Waals surface area contributed by atoms with Crippen molar-refractivity contribution in [3.8, 4) is 0 Å². The number of carbonyl (C=O) groups is 2. The van der Waals surface area contributed by atoms with Gasteiger partial charge in [-0.3, -0.25) is 9.59 Å². The second-order valence-electron chi connectivity index (χ2n) is 5.00. The van der Waals surface area contributed by atoms with Crippen LogP contribution < -0.4 is 5.32 Å². The molecule has 4 nitrogen and oxygen atoms in total. The van der Waals surface area contributed by atoms with Crippen LogP contribution in [0.2, 0.25) is 0 Å². The van der Waals surface area contributed by atoms with Crippen LogP contribution in [0.5, 0.6) is 0 Å². The third-order valence-corrected chi connectivity index (χ3v) is 3.62. The van der Waals surface area contributed by atoms with E-state index < -0.39 is 23.5 Å². The first-order valence-electron chi connectivity index (χ1n) is 6.42. The third-order valence-electron chi connectivity index (χ3n) is 3.62. The maximum absolute atomic E-state index is 13.4. The van der Waals surface area contributed by atoms with Gasteiger partial charge in [-0.2, -0.15) is 0 Å². The molecule has 20 heavy (non-hydrogen) atoms. The zero-order chi connectivity index (χ0) is 14.7. The van der Waals surface area contributed by atoms with E-state index in [4.69, 9.17) is 5.11 Å². The van der Waals surface area contributed by atoms with Crippen LogP contribution in [0.15, 0.2) is 18.2 Å². The molecule has 0 bridgehead atoms. The summed E-state index contributed by atoms with van der Waals surface area (Å²) in [6.07, 6.45) is 1.32. The molecule has 1 aliphatic rings. The van der Waals surface area contributed by atoms with E-state index in [2.05, 4.69) is 5.32 Å². The first kappa shape index (κ1) is 14.4. The number of carboxylic acid groups (broad SMARTS) is 1. The van der Waals surface area contributed by atoms with Gasteiger partial charge in [0, 0.05) is 24.1 Å². The highest BCUT2D eigenvalue weighted by Crippen LogP contribution is 2.31. The molecule has 108 valence electrons. The van der Waals surface area contributed by atoms with Crippen molar-refractivity contribution >= 4 is 11.9 Å². The van der Waals surface area contributed by atoms with Gasteiger partial charge in [-0.05, 0) is 25.3 Å². The number of aliphatic carboxylic acids is 1. The number of carboxylic acids is 1. The van der Waals surface area contributed by atoms with Crippen molar-refractivity contribution in [2.24, 2.45) is 11.8 Å². The van der Waals surface area contributed by atoms with Crippen molar-refractivity contribution in [1.29, 1.82) is 0 Å². The third kappa shape index (κ3) is 3.31. The Labute approximate surface area is 114 Å². The second kappa shape index (κ2) is 5.98. The Hall–Kier alpha value is -1.98. The lowest BCUT2D eigenvalue weighted by Gasteiger charge is -2.11. The Kier molecular flexibility index (Phi) is 4.32. The average Bonchev–Trinajstić information content (AvgIpc) is 2.87. The van der Waals surface area contributed by atoms with Crippen LogP contribution in [0, 0.1) is 23.5 Å². The molecular weight excluding hydrogens is 268 g/mol. The average molecular weight is 283 g/mol. The molecule has 2 atom stereocenters. The quantitative estimate of drug-likeness (QED) is 0.889. The molecule has 1 fully saturated rings. The zero-order valence-electron chi connectivity index (χ0n) is 10.7. The van der Waals surface area contributed by atoms with Gasteiger partial charge < -0.3 is 10.4 Å². The van der Waals surface area contributed by atoms with Gasteiger partial charge in [0.05, 0.1) is 5.92 Å². The smallest absolute Gasteiger partial charge is 0.306 e. The SMILES string of the molecule is O=C(O)[C@@H]1CC[C@H](C(=O)NCc2ccc(F)cc2F)C1. The van der Waals surface area contributed by atoms with Gasteiger partial charge in [-0.15, -0.1) is 0 Å². The Balaban J connectivity index is 1.88. The molecule has 2 N–H and O–H groups in total. The first-order chi connectivity index (χ1) is 9.47. The molecule has 0 saturated heterocycles. The summed E-state index contributed by atoms with van der Waals surface area (Å²) >= 11 is 0. The highest BCUT2D eigenvalue weighted by molar-refractivity contribution is 5.80. The number of hydrogen-bond donors (Lipinski definition) is 2. The maximum atomic E-state index is 13.4. The van der Waals surface area contributed by atoms with Crippen molar-refractivity contribution in [1.82, 2.24) is 5.32 Å². The molecule has 1 aliphatic carbocycles. The first-order valence-corrected chi connectivity index (χ1v) is 6.42. The fraction of sp³-hybridized carbons (Fsp3) is 0.429. The molecule has 0 aromatic heterocycles. The van der Waals surface area contributed by atoms with E-state index >= 15 is 0 Å². The van der Waals surface area contributed by atoms with Crippen LogP contribution in [0.1, 0.15) is 24.8 Å². The van der Waals surface area contributed by atoms with Gasteiger partial charge >= 0.3 is 5.97 Å². The Morgan fingerprint density at radius 1 is 1.25 bits per heavy atom. The predicted molar refractivity (Wildman–Crippen MR) is 66.7 cm³/mol. The van der Waals surface area contributed by atoms with Gasteiger partial charge in [-0.1, -0.05) is 6.07 Å². The largest absolute Gasteiger partial charge is 0.481 e. The standard InChI is InChI=1S/C14H15F2NO3/c15-11-4-3-10(12(16)6-11)7-17-13(18)8-1-2-9(5-8)14(19)20/h3-4,6,8-9H,1-2,5,7H2,(H,17,18)(H,19,20)/t8-,9+/m0/s1. The van der Waals surface area contributed by atoms with Crippen molar-refractivity contribution in [3.63, 3.8) is 0 Å². The van der Waals surface area contributed by atoms with Gasteiger partial charge in [0.15, 0.2) is 0 Å². The fourth-order valence-electron chi connectivity index (χ4n) is 2.44. The molecular formula is C14H15F2NO3. The van der Waals surface area contributed by atoms with Gasteiger partial charge in [0.25, 0.3) is 0 Å². The summed E-state index contributed by atoms with van der Waals surface area (Å²) in [5, 5.41) is 11.4. The van der Waals surface area contributed by atoms with E-state index in [0.29, 0.717) is 19.3 Å². The molecule has 0 aliphatic heterocycles. The van der Waals surface area contributed by atoms with E-state index in [1.54, 1.807) is 0 Å². The summed E-state index contributed by atoms with van der Waals surface area (Å²) in [5.41, 5.74) is 0.201. The van der Waals surface area contributed by atoms with Crippen LogP contribution in [0.25, 0.3) is 0 Å². The van der Waals surface area contributed by atoms with E-state index in [-0.39, 0.29) is 23.9 Å². The lowest BCUT2D eigenvalue weighted by molar-refractivity contribution is -0.141. The number of benzene rings is 1. The van der Waals surface area contributed by atoms with E-state index in [1.165, 1.54) is 6.07 Å². The van der Waals surface area contributed by atoms with E-state index in [0.717, 1.165) is 12.1 Å². The minimum Gasteiger partial charge on any atom is -0.481 e. The minimum absolute atomic E-state index is 0.0286. The topological polar surface area (TPSA) is 66.4 Å². The lowest BCUT2D eigenvalue weighted by Crippen LogP contribution is -2.29. The predicted octanol–water partition coefficient (Wildman–Crippen LogP) is 2.08. The Morgan fingerprint density at radius 3 is 2.55 bits per heavy atom. The van der Waals surface area contributed by atoms with E-state index in [1.807, 2.05) is 0 Å². The monoisotopic (exact) mass is 283 g/mol. The molecule has 1 aromatic carbocycles. The summed E-state index contributed by atoms with van der Waals surface area (Å²) in [6, 6.07) is 3.16. The van der Waals surface area contributed by atoms with Crippen molar-refractivity contribution in [2.45, 2.75) is 25.8 Å². The maximum Gasteiger partial charge on any atom is 0.306 e.